The number of hydrogen-bond acceptors (Lipinski definition) is 6. The molecule has 1 N–H and O–H groups in total. The van der Waals surface area contributed by atoms with Crippen LogP contribution in [-0.4, -0.2) is 21.0 Å². The summed E-state index contributed by atoms with van der Waals surface area (Å²) in [5.41, 5.74) is 0.870. The first kappa shape index (κ1) is 17.0. The standard InChI is InChI=1S/C15H18N4O3S/c1-9-7-10(5-6-11(9)19(21)22)13(20)16-14-18-17-12(23-14)8-15(2,3)4/h5-7H,8H2,1-4H3,(H,16,18,20). The number of amides is 1. The number of nitro benzene ring substituents is 1. The average Bonchev–Trinajstić information content (AvgIpc) is 2.82. The zero-order valence-corrected chi connectivity index (χ0v) is 14.2. The van der Waals surface area contributed by atoms with Crippen molar-refractivity contribution in [1.82, 2.24) is 10.2 Å². The Balaban J connectivity index is 2.10. The largest absolute Gasteiger partial charge is 0.296 e. The number of rotatable bonds is 4. The van der Waals surface area contributed by atoms with E-state index in [1.54, 1.807) is 6.92 Å². The van der Waals surface area contributed by atoms with Gasteiger partial charge >= 0.3 is 0 Å². The van der Waals surface area contributed by atoms with Gasteiger partial charge in [0.2, 0.25) is 5.13 Å². The summed E-state index contributed by atoms with van der Waals surface area (Å²) in [6.07, 6.45) is 0.775. The van der Waals surface area contributed by atoms with Gasteiger partial charge < -0.3 is 0 Å². The maximum atomic E-state index is 12.2. The van der Waals surface area contributed by atoms with Gasteiger partial charge in [0, 0.05) is 23.6 Å². The number of aryl methyl sites for hydroxylation is 1. The maximum Gasteiger partial charge on any atom is 0.272 e. The van der Waals surface area contributed by atoms with E-state index in [4.69, 9.17) is 0 Å². The van der Waals surface area contributed by atoms with Crippen LogP contribution in [-0.2, 0) is 6.42 Å². The summed E-state index contributed by atoms with van der Waals surface area (Å²) in [6, 6.07) is 4.25. The number of anilines is 1. The minimum Gasteiger partial charge on any atom is -0.296 e. The van der Waals surface area contributed by atoms with Crippen LogP contribution in [0, 0.1) is 22.5 Å². The molecule has 0 spiro atoms. The molecule has 0 unspecified atom stereocenters. The van der Waals surface area contributed by atoms with Crippen molar-refractivity contribution in [2.24, 2.45) is 5.41 Å². The smallest absolute Gasteiger partial charge is 0.272 e. The number of nitro groups is 1. The predicted octanol–water partition coefficient (Wildman–Crippen LogP) is 3.60. The first-order chi connectivity index (χ1) is 10.7. The molecule has 1 aromatic carbocycles. The molecule has 0 bridgehead atoms. The summed E-state index contributed by atoms with van der Waals surface area (Å²) in [5.74, 6) is -0.360. The molecule has 122 valence electrons. The molecular weight excluding hydrogens is 316 g/mol. The zero-order chi connectivity index (χ0) is 17.2. The molecule has 0 fully saturated rings. The molecule has 0 saturated heterocycles. The summed E-state index contributed by atoms with van der Waals surface area (Å²) in [7, 11) is 0. The number of benzene rings is 1. The monoisotopic (exact) mass is 334 g/mol. The van der Waals surface area contributed by atoms with Crippen molar-refractivity contribution in [2.75, 3.05) is 5.32 Å². The normalized spacial score (nSPS) is 11.3. The SMILES string of the molecule is Cc1cc(C(=O)Nc2nnc(CC(C)(C)C)s2)ccc1[N+](=O)[O-]. The minimum atomic E-state index is -0.472. The van der Waals surface area contributed by atoms with Gasteiger partial charge in [-0.2, -0.15) is 0 Å². The van der Waals surface area contributed by atoms with Crippen LogP contribution in [0.3, 0.4) is 0 Å². The van der Waals surface area contributed by atoms with Gasteiger partial charge in [-0.15, -0.1) is 10.2 Å². The fourth-order valence-electron chi connectivity index (χ4n) is 2.00. The van der Waals surface area contributed by atoms with Gasteiger partial charge in [-0.05, 0) is 24.5 Å². The van der Waals surface area contributed by atoms with Gasteiger partial charge in [0.1, 0.15) is 5.01 Å². The molecule has 1 heterocycles. The molecule has 1 aromatic heterocycles. The summed E-state index contributed by atoms with van der Waals surface area (Å²) >= 11 is 1.33. The van der Waals surface area contributed by atoms with Crippen molar-refractivity contribution in [3.05, 3.63) is 44.4 Å². The lowest BCUT2D eigenvalue weighted by atomic mass is 9.93. The van der Waals surface area contributed by atoms with E-state index in [1.807, 2.05) is 0 Å². The Morgan fingerprint density at radius 1 is 1.35 bits per heavy atom. The molecule has 0 saturated carbocycles. The van der Waals surface area contributed by atoms with Gasteiger partial charge in [0.15, 0.2) is 0 Å². The van der Waals surface area contributed by atoms with Crippen molar-refractivity contribution in [2.45, 2.75) is 34.1 Å². The van der Waals surface area contributed by atoms with Crippen molar-refractivity contribution in [3.63, 3.8) is 0 Å². The number of carbonyl (C=O) groups excluding carboxylic acids is 1. The Bertz CT molecular complexity index is 749. The third-order valence-electron chi connectivity index (χ3n) is 3.02. The number of nitrogens with one attached hydrogen (secondary N) is 1. The first-order valence-electron chi connectivity index (χ1n) is 7.04. The lowest BCUT2D eigenvalue weighted by Gasteiger charge is -2.14. The Morgan fingerprint density at radius 3 is 2.61 bits per heavy atom. The lowest BCUT2D eigenvalue weighted by Crippen LogP contribution is -2.12. The van der Waals surface area contributed by atoms with E-state index in [2.05, 4.69) is 36.3 Å². The van der Waals surface area contributed by atoms with E-state index < -0.39 is 4.92 Å². The molecule has 0 aliphatic heterocycles. The van der Waals surface area contributed by atoms with Gasteiger partial charge in [0.05, 0.1) is 4.92 Å². The summed E-state index contributed by atoms with van der Waals surface area (Å²) in [6.45, 7) is 7.91. The summed E-state index contributed by atoms with van der Waals surface area (Å²) in [5, 5.41) is 22.8. The molecular formula is C15H18N4O3S. The van der Waals surface area contributed by atoms with Gasteiger partial charge in [-0.25, -0.2) is 0 Å². The summed E-state index contributed by atoms with van der Waals surface area (Å²) in [4.78, 5) is 22.5. The topological polar surface area (TPSA) is 98.0 Å². The molecule has 1 amide bonds. The summed E-state index contributed by atoms with van der Waals surface area (Å²) < 4.78 is 0. The highest BCUT2D eigenvalue weighted by atomic mass is 32.1. The maximum absolute atomic E-state index is 12.2. The van der Waals surface area contributed by atoms with E-state index in [0.29, 0.717) is 16.3 Å². The Morgan fingerprint density at radius 2 is 2.04 bits per heavy atom. The molecule has 0 aliphatic rings. The Labute approximate surface area is 137 Å². The zero-order valence-electron chi connectivity index (χ0n) is 13.4. The van der Waals surface area contributed by atoms with Crippen LogP contribution in [0.25, 0.3) is 0 Å². The van der Waals surface area contributed by atoms with Crippen molar-refractivity contribution < 1.29 is 9.72 Å². The van der Waals surface area contributed by atoms with Gasteiger partial charge in [-0.1, -0.05) is 32.1 Å². The third-order valence-corrected chi connectivity index (χ3v) is 3.86. The van der Waals surface area contributed by atoms with E-state index in [1.165, 1.54) is 29.5 Å². The van der Waals surface area contributed by atoms with Crippen molar-refractivity contribution >= 4 is 28.1 Å². The number of aromatic nitrogens is 2. The lowest BCUT2D eigenvalue weighted by molar-refractivity contribution is -0.385. The van der Waals surface area contributed by atoms with Gasteiger partial charge in [-0.3, -0.25) is 20.2 Å². The van der Waals surface area contributed by atoms with Crippen LogP contribution in [0.1, 0.15) is 41.7 Å². The second-order valence-electron chi connectivity index (χ2n) is 6.45. The first-order valence-corrected chi connectivity index (χ1v) is 7.86. The predicted molar refractivity (Wildman–Crippen MR) is 88.9 cm³/mol. The highest BCUT2D eigenvalue weighted by Crippen LogP contribution is 2.25. The minimum absolute atomic E-state index is 0.00933. The quantitative estimate of drug-likeness (QED) is 0.680. The van der Waals surface area contributed by atoms with E-state index in [0.717, 1.165) is 11.4 Å². The van der Waals surface area contributed by atoms with E-state index in [-0.39, 0.29) is 17.0 Å². The molecule has 0 aliphatic carbocycles. The van der Waals surface area contributed by atoms with Crippen LogP contribution >= 0.6 is 11.3 Å². The molecule has 7 nitrogen and oxygen atoms in total. The third kappa shape index (κ3) is 4.56. The molecule has 8 heteroatoms. The highest BCUT2D eigenvalue weighted by Gasteiger charge is 2.17. The Kier molecular flexibility index (Phi) is 4.74. The fraction of sp³-hybridized carbons (Fsp3) is 0.400. The van der Waals surface area contributed by atoms with Gasteiger partial charge in [0.25, 0.3) is 11.6 Å². The van der Waals surface area contributed by atoms with Crippen LogP contribution in [0.4, 0.5) is 10.8 Å². The second kappa shape index (κ2) is 6.41. The number of hydrogen-bond donors (Lipinski definition) is 1. The van der Waals surface area contributed by atoms with Crippen LogP contribution in [0.5, 0.6) is 0 Å². The molecule has 0 radical (unpaired) electrons. The van der Waals surface area contributed by atoms with Crippen LogP contribution < -0.4 is 5.32 Å². The number of nitrogens with zero attached hydrogens (tertiary/aromatic N) is 3. The van der Waals surface area contributed by atoms with E-state index in [9.17, 15) is 14.9 Å². The van der Waals surface area contributed by atoms with E-state index >= 15 is 0 Å². The molecule has 23 heavy (non-hydrogen) atoms. The van der Waals surface area contributed by atoms with Crippen molar-refractivity contribution in [1.29, 1.82) is 0 Å². The highest BCUT2D eigenvalue weighted by molar-refractivity contribution is 7.15. The molecule has 2 aromatic rings. The fourth-order valence-corrected chi connectivity index (χ4v) is 3.04. The van der Waals surface area contributed by atoms with Crippen molar-refractivity contribution in [3.8, 4) is 0 Å². The van der Waals surface area contributed by atoms with Crippen LogP contribution in [0.15, 0.2) is 18.2 Å². The average molecular weight is 334 g/mol. The van der Waals surface area contributed by atoms with Crippen LogP contribution in [0.2, 0.25) is 0 Å². The second-order valence-corrected chi connectivity index (χ2v) is 7.51. The molecule has 0 atom stereocenters. The Hall–Kier alpha value is -2.35. The number of carbonyl (C=O) groups is 1. The molecule has 2 rings (SSSR count).